The Morgan fingerprint density at radius 1 is 1.06 bits per heavy atom. The van der Waals surface area contributed by atoms with E-state index in [9.17, 15) is 4.79 Å². The van der Waals surface area contributed by atoms with Gasteiger partial charge in [-0.3, -0.25) is 4.79 Å². The highest BCUT2D eigenvalue weighted by atomic mass is 35.5. The van der Waals surface area contributed by atoms with E-state index < -0.39 is 0 Å². The summed E-state index contributed by atoms with van der Waals surface area (Å²) in [5.74, 6) is 0. The lowest BCUT2D eigenvalue weighted by Crippen LogP contribution is -1.91. The van der Waals surface area contributed by atoms with Gasteiger partial charge in [0.15, 0.2) is 0 Å². The average Bonchev–Trinajstić information content (AvgIpc) is 2.28. The lowest BCUT2D eigenvalue weighted by molar-refractivity contribution is 0.112. The molecule has 2 aromatic rings. The zero-order valence-electron chi connectivity index (χ0n) is 9.83. The van der Waals surface area contributed by atoms with E-state index in [2.05, 4.69) is 0 Å². The predicted molar refractivity (Wildman–Crippen MR) is 71.7 cm³/mol. The van der Waals surface area contributed by atoms with Crippen LogP contribution in [0.3, 0.4) is 0 Å². The van der Waals surface area contributed by atoms with Crippen molar-refractivity contribution in [3.05, 3.63) is 58.1 Å². The molecule has 0 saturated heterocycles. The molecule has 0 heterocycles. The molecule has 86 valence electrons. The molecule has 0 bridgehead atoms. The maximum Gasteiger partial charge on any atom is 0.150 e. The number of aryl methyl sites for hydroxylation is 2. The van der Waals surface area contributed by atoms with Gasteiger partial charge in [0.25, 0.3) is 0 Å². The second kappa shape index (κ2) is 4.72. The lowest BCUT2D eigenvalue weighted by atomic mass is 9.94. The highest BCUT2D eigenvalue weighted by molar-refractivity contribution is 6.30. The Morgan fingerprint density at radius 2 is 1.71 bits per heavy atom. The first-order chi connectivity index (χ1) is 8.11. The van der Waals surface area contributed by atoms with Crippen LogP contribution in [0.15, 0.2) is 36.4 Å². The highest BCUT2D eigenvalue weighted by Crippen LogP contribution is 2.29. The number of hydrogen-bond donors (Lipinski definition) is 0. The SMILES string of the molecule is Cc1cc(C=O)cc(C)c1-c1cccc(Cl)c1. The van der Waals surface area contributed by atoms with Crippen LogP contribution >= 0.6 is 11.6 Å². The minimum Gasteiger partial charge on any atom is -0.298 e. The van der Waals surface area contributed by atoms with E-state index in [1.54, 1.807) is 0 Å². The summed E-state index contributed by atoms with van der Waals surface area (Å²) in [7, 11) is 0. The van der Waals surface area contributed by atoms with Gasteiger partial charge in [-0.25, -0.2) is 0 Å². The van der Waals surface area contributed by atoms with Gasteiger partial charge in [-0.2, -0.15) is 0 Å². The quantitative estimate of drug-likeness (QED) is 0.714. The van der Waals surface area contributed by atoms with Crippen LogP contribution in [0.1, 0.15) is 21.5 Å². The van der Waals surface area contributed by atoms with E-state index >= 15 is 0 Å². The second-order valence-electron chi connectivity index (χ2n) is 4.16. The van der Waals surface area contributed by atoms with Crippen LogP contribution in [0, 0.1) is 13.8 Å². The van der Waals surface area contributed by atoms with Crippen molar-refractivity contribution >= 4 is 17.9 Å². The normalized spacial score (nSPS) is 10.3. The summed E-state index contributed by atoms with van der Waals surface area (Å²) in [5, 5.41) is 0.723. The fourth-order valence-electron chi connectivity index (χ4n) is 2.16. The van der Waals surface area contributed by atoms with Crippen LogP contribution < -0.4 is 0 Å². The van der Waals surface area contributed by atoms with Gasteiger partial charge < -0.3 is 0 Å². The third-order valence-corrected chi connectivity index (χ3v) is 3.04. The van der Waals surface area contributed by atoms with Gasteiger partial charge in [-0.15, -0.1) is 0 Å². The Bertz CT molecular complexity index is 550. The summed E-state index contributed by atoms with van der Waals surface area (Å²) in [4.78, 5) is 10.8. The van der Waals surface area contributed by atoms with Crippen LogP contribution in [-0.4, -0.2) is 6.29 Å². The molecular weight excluding hydrogens is 232 g/mol. The molecule has 0 unspecified atom stereocenters. The lowest BCUT2D eigenvalue weighted by Gasteiger charge is -2.11. The van der Waals surface area contributed by atoms with Crippen LogP contribution in [0.4, 0.5) is 0 Å². The summed E-state index contributed by atoms with van der Waals surface area (Å²) >= 11 is 6.00. The minimum absolute atomic E-state index is 0.714. The summed E-state index contributed by atoms with van der Waals surface area (Å²) < 4.78 is 0. The largest absolute Gasteiger partial charge is 0.298 e. The number of carbonyl (C=O) groups excluding carboxylic acids is 1. The fourth-order valence-corrected chi connectivity index (χ4v) is 2.35. The van der Waals surface area contributed by atoms with E-state index in [0.717, 1.165) is 33.6 Å². The molecular formula is C15H13ClO. The Kier molecular flexibility index (Phi) is 3.30. The van der Waals surface area contributed by atoms with Gasteiger partial charge in [0.2, 0.25) is 0 Å². The molecule has 0 aliphatic carbocycles. The van der Waals surface area contributed by atoms with Crippen LogP contribution in [0.25, 0.3) is 11.1 Å². The molecule has 0 atom stereocenters. The van der Waals surface area contributed by atoms with Gasteiger partial charge >= 0.3 is 0 Å². The topological polar surface area (TPSA) is 17.1 Å². The van der Waals surface area contributed by atoms with Crippen molar-refractivity contribution in [3.8, 4) is 11.1 Å². The smallest absolute Gasteiger partial charge is 0.150 e. The Labute approximate surface area is 106 Å². The third kappa shape index (κ3) is 2.40. The molecule has 17 heavy (non-hydrogen) atoms. The van der Waals surface area contributed by atoms with Crippen molar-refractivity contribution in [2.45, 2.75) is 13.8 Å². The molecule has 0 amide bonds. The van der Waals surface area contributed by atoms with E-state index in [1.807, 2.05) is 50.2 Å². The standard InChI is InChI=1S/C15H13ClO/c1-10-6-12(9-17)7-11(2)15(10)13-4-3-5-14(16)8-13/h3-9H,1-2H3. The van der Waals surface area contributed by atoms with Crippen molar-refractivity contribution in [2.75, 3.05) is 0 Å². The number of carbonyl (C=O) groups is 1. The van der Waals surface area contributed by atoms with Crippen LogP contribution in [0.2, 0.25) is 5.02 Å². The van der Waals surface area contributed by atoms with E-state index in [0.29, 0.717) is 5.56 Å². The predicted octanol–water partition coefficient (Wildman–Crippen LogP) is 4.44. The Morgan fingerprint density at radius 3 is 2.24 bits per heavy atom. The zero-order chi connectivity index (χ0) is 12.4. The number of hydrogen-bond acceptors (Lipinski definition) is 1. The molecule has 0 radical (unpaired) electrons. The van der Waals surface area contributed by atoms with Crippen molar-refractivity contribution in [1.82, 2.24) is 0 Å². The van der Waals surface area contributed by atoms with E-state index in [1.165, 1.54) is 0 Å². The number of benzene rings is 2. The molecule has 2 rings (SSSR count). The van der Waals surface area contributed by atoms with Gasteiger partial charge in [-0.05, 0) is 60.4 Å². The Balaban J connectivity index is 2.63. The number of halogens is 1. The first kappa shape index (κ1) is 11.9. The molecule has 0 N–H and O–H groups in total. The molecule has 0 spiro atoms. The molecule has 2 aromatic carbocycles. The fraction of sp³-hybridized carbons (Fsp3) is 0.133. The van der Waals surface area contributed by atoms with E-state index in [4.69, 9.17) is 11.6 Å². The maximum atomic E-state index is 10.8. The summed E-state index contributed by atoms with van der Waals surface area (Å²) in [6.45, 7) is 4.02. The van der Waals surface area contributed by atoms with Gasteiger partial charge in [0, 0.05) is 10.6 Å². The second-order valence-corrected chi connectivity index (χ2v) is 4.59. The van der Waals surface area contributed by atoms with E-state index in [-0.39, 0.29) is 0 Å². The third-order valence-electron chi connectivity index (χ3n) is 2.80. The summed E-state index contributed by atoms with van der Waals surface area (Å²) in [6.07, 6.45) is 0.877. The summed E-state index contributed by atoms with van der Waals surface area (Å²) in [5.41, 5.74) is 5.14. The molecule has 0 aromatic heterocycles. The minimum atomic E-state index is 0.714. The highest BCUT2D eigenvalue weighted by Gasteiger charge is 2.07. The molecule has 0 saturated carbocycles. The molecule has 1 nitrogen and oxygen atoms in total. The molecule has 2 heteroatoms. The Hall–Kier alpha value is -1.60. The maximum absolute atomic E-state index is 10.8. The molecule has 0 aliphatic rings. The van der Waals surface area contributed by atoms with Crippen LogP contribution in [-0.2, 0) is 0 Å². The first-order valence-electron chi connectivity index (χ1n) is 5.44. The number of aldehydes is 1. The van der Waals surface area contributed by atoms with Crippen molar-refractivity contribution in [3.63, 3.8) is 0 Å². The average molecular weight is 245 g/mol. The first-order valence-corrected chi connectivity index (χ1v) is 5.82. The number of rotatable bonds is 2. The molecule has 0 fully saturated rings. The van der Waals surface area contributed by atoms with Crippen molar-refractivity contribution in [1.29, 1.82) is 0 Å². The van der Waals surface area contributed by atoms with Gasteiger partial charge in [-0.1, -0.05) is 23.7 Å². The van der Waals surface area contributed by atoms with Gasteiger partial charge in [0.1, 0.15) is 6.29 Å². The van der Waals surface area contributed by atoms with Crippen molar-refractivity contribution in [2.24, 2.45) is 0 Å². The van der Waals surface area contributed by atoms with Crippen LogP contribution in [0.5, 0.6) is 0 Å². The summed E-state index contributed by atoms with van der Waals surface area (Å²) in [6, 6.07) is 11.6. The van der Waals surface area contributed by atoms with Crippen molar-refractivity contribution < 1.29 is 4.79 Å². The van der Waals surface area contributed by atoms with Gasteiger partial charge in [0.05, 0.1) is 0 Å². The molecule has 0 aliphatic heterocycles. The monoisotopic (exact) mass is 244 g/mol. The zero-order valence-corrected chi connectivity index (χ0v) is 10.6.